The number of benzene rings is 2. The number of hydrogen-bond acceptors (Lipinski definition) is 5. The van der Waals surface area contributed by atoms with Crippen molar-refractivity contribution in [1.29, 1.82) is 0 Å². The van der Waals surface area contributed by atoms with Crippen molar-refractivity contribution in [3.63, 3.8) is 0 Å². The van der Waals surface area contributed by atoms with Gasteiger partial charge in [0.05, 0.1) is 11.5 Å². The van der Waals surface area contributed by atoms with Crippen LogP contribution in [0.5, 0.6) is 11.5 Å². The SMILES string of the molecule is O=C(/C=C/c1ccc(Oc2cc(=O)oc3ccccc23)cc1)NO. The van der Waals surface area contributed by atoms with Crippen molar-refractivity contribution in [2.24, 2.45) is 0 Å². The van der Waals surface area contributed by atoms with Crippen LogP contribution in [0.4, 0.5) is 0 Å². The smallest absolute Gasteiger partial charge is 0.339 e. The summed E-state index contributed by atoms with van der Waals surface area (Å²) in [5.74, 6) is 0.331. The van der Waals surface area contributed by atoms with Gasteiger partial charge in [-0.15, -0.1) is 0 Å². The van der Waals surface area contributed by atoms with E-state index in [4.69, 9.17) is 14.4 Å². The van der Waals surface area contributed by atoms with Crippen LogP contribution in [0.3, 0.4) is 0 Å². The van der Waals surface area contributed by atoms with Gasteiger partial charge < -0.3 is 9.15 Å². The number of carbonyl (C=O) groups is 1. The monoisotopic (exact) mass is 323 g/mol. The fourth-order valence-corrected chi connectivity index (χ4v) is 2.15. The molecule has 0 bridgehead atoms. The minimum Gasteiger partial charge on any atom is -0.456 e. The van der Waals surface area contributed by atoms with E-state index in [1.54, 1.807) is 48.5 Å². The summed E-state index contributed by atoms with van der Waals surface area (Å²) >= 11 is 0. The van der Waals surface area contributed by atoms with E-state index in [2.05, 4.69) is 0 Å². The second kappa shape index (κ2) is 6.80. The maximum Gasteiger partial charge on any atom is 0.339 e. The zero-order valence-electron chi connectivity index (χ0n) is 12.4. The summed E-state index contributed by atoms with van der Waals surface area (Å²) < 4.78 is 10.9. The normalized spacial score (nSPS) is 10.9. The van der Waals surface area contributed by atoms with Gasteiger partial charge in [0, 0.05) is 6.08 Å². The average molecular weight is 323 g/mol. The standard InChI is InChI=1S/C18H13NO5/c20-17(19-22)10-7-12-5-8-13(9-6-12)23-16-11-18(21)24-15-4-2-1-3-14(15)16/h1-11,22H,(H,19,20)/b10-7+. The van der Waals surface area contributed by atoms with Crippen molar-refractivity contribution < 1.29 is 19.2 Å². The van der Waals surface area contributed by atoms with Crippen LogP contribution >= 0.6 is 0 Å². The molecule has 0 saturated heterocycles. The molecule has 6 nitrogen and oxygen atoms in total. The summed E-state index contributed by atoms with van der Waals surface area (Å²) in [4.78, 5) is 22.6. The van der Waals surface area contributed by atoms with E-state index in [0.29, 0.717) is 22.5 Å². The number of hydrogen-bond donors (Lipinski definition) is 2. The molecule has 0 aliphatic rings. The van der Waals surface area contributed by atoms with E-state index < -0.39 is 11.5 Å². The Bertz CT molecular complexity index is 957. The van der Waals surface area contributed by atoms with Gasteiger partial charge in [0.2, 0.25) is 0 Å². The van der Waals surface area contributed by atoms with Crippen molar-refractivity contribution in [2.45, 2.75) is 0 Å². The molecule has 24 heavy (non-hydrogen) atoms. The van der Waals surface area contributed by atoms with Crippen LogP contribution in [0, 0.1) is 0 Å². The lowest BCUT2D eigenvalue weighted by Gasteiger charge is -2.08. The van der Waals surface area contributed by atoms with Crippen LogP contribution in [0.25, 0.3) is 17.0 Å². The first-order chi connectivity index (χ1) is 11.7. The molecule has 0 aliphatic carbocycles. The summed E-state index contributed by atoms with van der Waals surface area (Å²) in [7, 11) is 0. The molecule has 1 amide bonds. The summed E-state index contributed by atoms with van der Waals surface area (Å²) in [6, 6.07) is 15.3. The Balaban J connectivity index is 1.86. The molecule has 0 saturated carbocycles. The number of ether oxygens (including phenoxy) is 1. The highest BCUT2D eigenvalue weighted by Crippen LogP contribution is 2.28. The Morgan fingerprint density at radius 3 is 2.62 bits per heavy atom. The van der Waals surface area contributed by atoms with E-state index in [0.717, 1.165) is 5.56 Å². The number of hydroxylamine groups is 1. The Labute approximate surface area is 136 Å². The fraction of sp³-hybridized carbons (Fsp3) is 0. The number of fused-ring (bicyclic) bond motifs is 1. The molecular formula is C18H13NO5. The predicted molar refractivity (Wildman–Crippen MR) is 88.0 cm³/mol. The van der Waals surface area contributed by atoms with E-state index in [-0.39, 0.29) is 0 Å². The average Bonchev–Trinajstić information content (AvgIpc) is 2.60. The lowest BCUT2D eigenvalue weighted by atomic mass is 10.2. The minimum absolute atomic E-state index is 0.407. The first kappa shape index (κ1) is 15.5. The zero-order valence-corrected chi connectivity index (χ0v) is 12.4. The van der Waals surface area contributed by atoms with Crippen LogP contribution in [-0.4, -0.2) is 11.1 Å². The number of amides is 1. The molecule has 3 aromatic rings. The highest BCUT2D eigenvalue weighted by Gasteiger charge is 2.07. The van der Waals surface area contributed by atoms with E-state index >= 15 is 0 Å². The van der Waals surface area contributed by atoms with E-state index in [9.17, 15) is 9.59 Å². The van der Waals surface area contributed by atoms with Crippen molar-refractivity contribution in [1.82, 2.24) is 5.48 Å². The third kappa shape index (κ3) is 3.50. The van der Waals surface area contributed by atoms with Gasteiger partial charge in [0.15, 0.2) is 0 Å². The van der Waals surface area contributed by atoms with E-state index in [1.165, 1.54) is 17.6 Å². The van der Waals surface area contributed by atoms with Crippen LogP contribution in [0.1, 0.15) is 5.56 Å². The largest absolute Gasteiger partial charge is 0.456 e. The van der Waals surface area contributed by atoms with Gasteiger partial charge >= 0.3 is 5.63 Å². The topological polar surface area (TPSA) is 88.8 Å². The summed E-state index contributed by atoms with van der Waals surface area (Å²) in [6.45, 7) is 0. The quantitative estimate of drug-likeness (QED) is 0.333. The van der Waals surface area contributed by atoms with Crippen molar-refractivity contribution >= 4 is 23.0 Å². The van der Waals surface area contributed by atoms with Gasteiger partial charge in [-0.1, -0.05) is 24.3 Å². The zero-order chi connectivity index (χ0) is 16.9. The van der Waals surface area contributed by atoms with Crippen molar-refractivity contribution in [2.75, 3.05) is 0 Å². The van der Waals surface area contributed by atoms with Gasteiger partial charge in [-0.25, -0.2) is 10.3 Å². The second-order valence-corrected chi connectivity index (χ2v) is 4.91. The Kier molecular flexibility index (Phi) is 4.40. The lowest BCUT2D eigenvalue weighted by molar-refractivity contribution is -0.124. The molecule has 2 N–H and O–H groups in total. The molecule has 0 radical (unpaired) electrons. The lowest BCUT2D eigenvalue weighted by Crippen LogP contribution is -2.14. The van der Waals surface area contributed by atoms with Crippen LogP contribution in [0.15, 0.2) is 69.9 Å². The van der Waals surface area contributed by atoms with E-state index in [1.807, 2.05) is 6.07 Å². The van der Waals surface area contributed by atoms with Gasteiger partial charge in [-0.05, 0) is 35.9 Å². The Hall–Kier alpha value is -3.38. The second-order valence-electron chi connectivity index (χ2n) is 4.91. The van der Waals surface area contributed by atoms with Gasteiger partial charge in [0.1, 0.15) is 17.1 Å². The highest BCUT2D eigenvalue weighted by molar-refractivity contribution is 5.90. The molecule has 0 aliphatic heterocycles. The Morgan fingerprint density at radius 2 is 1.88 bits per heavy atom. The third-order valence-corrected chi connectivity index (χ3v) is 3.26. The minimum atomic E-state index is -0.613. The predicted octanol–water partition coefficient (Wildman–Crippen LogP) is 3.10. The van der Waals surface area contributed by atoms with Crippen molar-refractivity contribution in [3.05, 3.63) is 76.7 Å². The molecule has 0 spiro atoms. The molecule has 2 aromatic carbocycles. The first-order valence-corrected chi connectivity index (χ1v) is 7.09. The fourth-order valence-electron chi connectivity index (χ4n) is 2.15. The molecule has 1 aromatic heterocycles. The number of rotatable bonds is 4. The van der Waals surface area contributed by atoms with Crippen LogP contribution in [-0.2, 0) is 4.79 Å². The number of para-hydroxylation sites is 1. The maximum absolute atomic E-state index is 11.6. The molecular weight excluding hydrogens is 310 g/mol. The molecule has 3 rings (SSSR count). The van der Waals surface area contributed by atoms with Crippen LogP contribution in [0.2, 0.25) is 0 Å². The molecule has 0 atom stereocenters. The Morgan fingerprint density at radius 1 is 1.12 bits per heavy atom. The number of nitrogens with one attached hydrogen (secondary N) is 1. The van der Waals surface area contributed by atoms with Gasteiger partial charge in [-0.2, -0.15) is 0 Å². The first-order valence-electron chi connectivity index (χ1n) is 7.09. The number of carbonyl (C=O) groups excluding carboxylic acids is 1. The molecule has 120 valence electrons. The molecule has 0 unspecified atom stereocenters. The summed E-state index contributed by atoms with van der Waals surface area (Å²) in [5, 5.41) is 9.12. The maximum atomic E-state index is 11.6. The molecule has 0 fully saturated rings. The summed E-state index contributed by atoms with van der Waals surface area (Å²) in [5.41, 5.74) is 2.23. The molecule has 6 heteroatoms. The van der Waals surface area contributed by atoms with Gasteiger partial charge in [0.25, 0.3) is 5.91 Å². The molecule has 1 heterocycles. The highest BCUT2D eigenvalue weighted by atomic mass is 16.5. The third-order valence-electron chi connectivity index (χ3n) is 3.26. The summed E-state index contributed by atoms with van der Waals surface area (Å²) in [6.07, 6.45) is 2.74. The van der Waals surface area contributed by atoms with Gasteiger partial charge in [-0.3, -0.25) is 10.0 Å². The van der Waals surface area contributed by atoms with Crippen molar-refractivity contribution in [3.8, 4) is 11.5 Å². The van der Waals surface area contributed by atoms with Crippen LogP contribution < -0.4 is 15.8 Å².